The molecular weight excluding hydrogens is 466 g/mol. The Kier molecular flexibility index (Phi) is 6.93. The van der Waals surface area contributed by atoms with E-state index in [1.165, 1.54) is 4.90 Å². The summed E-state index contributed by atoms with van der Waals surface area (Å²) in [6.45, 7) is 3.90. The van der Waals surface area contributed by atoms with Gasteiger partial charge in [-0.25, -0.2) is 9.48 Å². The van der Waals surface area contributed by atoms with Crippen LogP contribution in [0.5, 0.6) is 0 Å². The Morgan fingerprint density at radius 2 is 1.77 bits per heavy atom. The first-order valence-electron chi connectivity index (χ1n) is 11.4. The third kappa shape index (κ3) is 5.38. The first-order valence-corrected chi connectivity index (χ1v) is 11.8. The quantitative estimate of drug-likeness (QED) is 0.475. The molecule has 2 heterocycles. The number of urea groups is 1. The van der Waals surface area contributed by atoms with Gasteiger partial charge in [0.1, 0.15) is 5.54 Å². The molecule has 9 heteroatoms. The van der Waals surface area contributed by atoms with Crippen LogP contribution in [-0.4, -0.2) is 56.6 Å². The summed E-state index contributed by atoms with van der Waals surface area (Å²) in [5, 5.41) is 8.07. The van der Waals surface area contributed by atoms with Crippen LogP contribution in [0, 0.1) is 0 Å². The van der Waals surface area contributed by atoms with Crippen molar-refractivity contribution in [3.63, 3.8) is 0 Å². The van der Waals surface area contributed by atoms with E-state index >= 15 is 0 Å². The van der Waals surface area contributed by atoms with Crippen LogP contribution in [0.15, 0.2) is 60.8 Å². The smallest absolute Gasteiger partial charge is 0.325 e. The monoisotopic (exact) mass is 493 g/mol. The number of aromatic nitrogens is 2. The van der Waals surface area contributed by atoms with Gasteiger partial charge in [0.2, 0.25) is 5.91 Å². The lowest BCUT2D eigenvalue weighted by Crippen LogP contribution is -2.40. The van der Waals surface area contributed by atoms with Crippen LogP contribution in [0.1, 0.15) is 32.3 Å². The van der Waals surface area contributed by atoms with Crippen molar-refractivity contribution >= 4 is 29.4 Å². The second kappa shape index (κ2) is 9.92. The highest BCUT2D eigenvalue weighted by molar-refractivity contribution is 6.30. The summed E-state index contributed by atoms with van der Waals surface area (Å²) in [6, 6.07) is 16.8. The van der Waals surface area contributed by atoms with E-state index < -0.39 is 11.6 Å². The molecule has 0 spiro atoms. The number of hydrogen-bond donors (Lipinski definition) is 1. The largest absolute Gasteiger partial charge is 0.341 e. The zero-order valence-corrected chi connectivity index (χ0v) is 20.7. The van der Waals surface area contributed by atoms with Crippen molar-refractivity contribution in [1.82, 2.24) is 24.9 Å². The van der Waals surface area contributed by atoms with Gasteiger partial charge in [-0.3, -0.25) is 14.5 Å². The van der Waals surface area contributed by atoms with Gasteiger partial charge in [-0.1, -0.05) is 41.9 Å². The second-order valence-electron chi connectivity index (χ2n) is 9.16. The Morgan fingerprint density at radius 1 is 1.09 bits per heavy atom. The SMILES string of the molecule is CN(Cc1cn(-c2ccccc2)nc1-c1ccc(Cl)cc1)C(=O)CCCN1C(=O)NC(C)(C)C1=O. The summed E-state index contributed by atoms with van der Waals surface area (Å²) in [6.07, 6.45) is 2.54. The Morgan fingerprint density at radius 3 is 2.40 bits per heavy atom. The topological polar surface area (TPSA) is 87.5 Å². The molecule has 2 aromatic carbocycles. The summed E-state index contributed by atoms with van der Waals surface area (Å²) < 4.78 is 1.80. The maximum Gasteiger partial charge on any atom is 0.325 e. The highest BCUT2D eigenvalue weighted by atomic mass is 35.5. The highest BCUT2D eigenvalue weighted by Crippen LogP contribution is 2.26. The van der Waals surface area contributed by atoms with Crippen LogP contribution >= 0.6 is 11.6 Å². The van der Waals surface area contributed by atoms with Gasteiger partial charge in [0, 0.05) is 48.9 Å². The van der Waals surface area contributed by atoms with Crippen molar-refractivity contribution in [3.8, 4) is 16.9 Å². The van der Waals surface area contributed by atoms with Gasteiger partial charge in [-0.05, 0) is 44.5 Å². The average molecular weight is 494 g/mol. The molecule has 1 aliphatic heterocycles. The van der Waals surface area contributed by atoms with E-state index in [4.69, 9.17) is 16.7 Å². The Hall–Kier alpha value is -3.65. The molecule has 35 heavy (non-hydrogen) atoms. The summed E-state index contributed by atoms with van der Waals surface area (Å²) >= 11 is 6.07. The zero-order valence-electron chi connectivity index (χ0n) is 20.0. The van der Waals surface area contributed by atoms with Gasteiger partial charge >= 0.3 is 6.03 Å². The zero-order chi connectivity index (χ0) is 25.2. The molecule has 182 valence electrons. The Balaban J connectivity index is 1.46. The van der Waals surface area contributed by atoms with Crippen molar-refractivity contribution in [2.75, 3.05) is 13.6 Å². The Bertz CT molecular complexity index is 1240. The number of halogens is 1. The third-order valence-electron chi connectivity index (χ3n) is 5.98. The number of hydrogen-bond acceptors (Lipinski definition) is 4. The van der Waals surface area contributed by atoms with Gasteiger partial charge in [0.05, 0.1) is 11.4 Å². The standard InChI is InChI=1S/C26H28ClN5O3/c1-26(2)24(34)31(25(35)28-26)15-7-10-22(33)30(3)16-19-17-32(21-8-5-4-6-9-21)29-23(19)18-11-13-20(27)14-12-18/h4-6,8-9,11-14,17H,7,10,15-16H2,1-3H3,(H,28,35). The van der Waals surface area contributed by atoms with Gasteiger partial charge in [0.25, 0.3) is 5.91 Å². The van der Waals surface area contributed by atoms with Gasteiger partial charge < -0.3 is 10.2 Å². The van der Waals surface area contributed by atoms with Crippen molar-refractivity contribution in [2.24, 2.45) is 0 Å². The highest BCUT2D eigenvalue weighted by Gasteiger charge is 2.43. The fraction of sp³-hybridized carbons (Fsp3) is 0.308. The minimum absolute atomic E-state index is 0.0779. The number of para-hydroxylation sites is 1. The van der Waals surface area contributed by atoms with Crippen molar-refractivity contribution in [3.05, 3.63) is 71.4 Å². The third-order valence-corrected chi connectivity index (χ3v) is 6.23. The molecular formula is C26H28ClN5O3. The molecule has 0 aliphatic carbocycles. The van der Waals surface area contributed by atoms with E-state index in [-0.39, 0.29) is 24.8 Å². The number of amides is 4. The molecule has 1 N–H and O–H groups in total. The van der Waals surface area contributed by atoms with Gasteiger partial charge in [0.15, 0.2) is 0 Å². The summed E-state index contributed by atoms with van der Waals surface area (Å²) in [5.74, 6) is -0.352. The number of rotatable bonds is 8. The Labute approximate surface area is 209 Å². The maximum atomic E-state index is 12.9. The van der Waals surface area contributed by atoms with E-state index in [1.54, 1.807) is 30.5 Å². The summed E-state index contributed by atoms with van der Waals surface area (Å²) in [7, 11) is 1.74. The molecule has 0 bridgehead atoms. The molecule has 0 saturated carbocycles. The van der Waals surface area contributed by atoms with Gasteiger partial charge in [-0.15, -0.1) is 0 Å². The maximum absolute atomic E-state index is 12.9. The van der Waals surface area contributed by atoms with E-state index in [1.807, 2.05) is 60.8 Å². The van der Waals surface area contributed by atoms with Crippen molar-refractivity contribution in [1.29, 1.82) is 0 Å². The summed E-state index contributed by atoms with van der Waals surface area (Å²) in [5.41, 5.74) is 2.57. The second-order valence-corrected chi connectivity index (χ2v) is 9.59. The fourth-order valence-electron chi connectivity index (χ4n) is 4.03. The molecule has 1 aromatic heterocycles. The molecule has 3 aromatic rings. The van der Waals surface area contributed by atoms with E-state index in [2.05, 4.69) is 5.32 Å². The molecule has 1 fully saturated rings. The van der Waals surface area contributed by atoms with Crippen LogP contribution < -0.4 is 5.32 Å². The number of nitrogens with zero attached hydrogens (tertiary/aromatic N) is 4. The van der Waals surface area contributed by atoms with Crippen molar-refractivity contribution < 1.29 is 14.4 Å². The lowest BCUT2D eigenvalue weighted by atomic mass is 10.1. The lowest BCUT2D eigenvalue weighted by Gasteiger charge is -2.19. The molecule has 4 rings (SSSR count). The van der Waals surface area contributed by atoms with Crippen LogP contribution in [0.3, 0.4) is 0 Å². The molecule has 0 atom stereocenters. The lowest BCUT2D eigenvalue weighted by molar-refractivity contribution is -0.132. The predicted molar refractivity (Wildman–Crippen MR) is 134 cm³/mol. The minimum Gasteiger partial charge on any atom is -0.341 e. The van der Waals surface area contributed by atoms with E-state index in [9.17, 15) is 14.4 Å². The van der Waals surface area contributed by atoms with Crippen LogP contribution in [0.25, 0.3) is 16.9 Å². The molecule has 1 saturated heterocycles. The summed E-state index contributed by atoms with van der Waals surface area (Å²) in [4.78, 5) is 40.1. The van der Waals surface area contributed by atoms with E-state index in [0.717, 1.165) is 22.5 Å². The molecule has 0 radical (unpaired) electrons. The molecule has 4 amide bonds. The van der Waals surface area contributed by atoms with Crippen LogP contribution in [0.2, 0.25) is 5.02 Å². The first-order chi connectivity index (χ1) is 16.7. The number of nitrogens with one attached hydrogen (secondary N) is 1. The van der Waals surface area contributed by atoms with Crippen molar-refractivity contribution in [2.45, 2.75) is 38.8 Å². The molecule has 8 nitrogen and oxygen atoms in total. The van der Waals surface area contributed by atoms with Crippen LogP contribution in [-0.2, 0) is 16.1 Å². The number of benzene rings is 2. The fourth-order valence-corrected chi connectivity index (χ4v) is 4.16. The number of carbonyl (C=O) groups is 3. The average Bonchev–Trinajstić information content (AvgIpc) is 3.33. The minimum atomic E-state index is -0.908. The number of imide groups is 1. The molecule has 0 unspecified atom stereocenters. The first kappa shape index (κ1) is 24.5. The molecule has 1 aliphatic rings. The predicted octanol–water partition coefficient (Wildman–Crippen LogP) is 4.26. The van der Waals surface area contributed by atoms with Crippen LogP contribution in [0.4, 0.5) is 4.79 Å². The van der Waals surface area contributed by atoms with Gasteiger partial charge in [-0.2, -0.15) is 5.10 Å². The van der Waals surface area contributed by atoms with E-state index in [0.29, 0.717) is 18.0 Å². The normalized spacial score (nSPS) is 14.8. The number of carbonyl (C=O) groups excluding carboxylic acids is 3.